The van der Waals surface area contributed by atoms with Crippen molar-refractivity contribution in [3.8, 4) is 0 Å². The number of hydrogen-bond donors (Lipinski definition) is 8. The number of nitrogen functional groups attached to an aromatic ring is 2. The van der Waals surface area contributed by atoms with Crippen molar-refractivity contribution in [3.05, 3.63) is 33.4 Å². The van der Waals surface area contributed by atoms with Gasteiger partial charge >= 0.3 is 34.3 Å². The standard InChI is InChI=1S/2C18H25FN6O6.H2O4S/c2*1-7(2)12(20)17(28)30-8(3)16(27)29-5-10-9(19)4-11(31-10)25-6-22-13-14(25)23-18(21)24-15(13)26;1-5(2,3)4/h2*6-12H,4-5,20H2,1-3H3,(H3,21,23,24,26);(H2,1,2,3,4)/t2*8-,9-,10+,11+,12-;/m00./s1. The first-order valence-corrected chi connectivity index (χ1v) is 21.5. The molecule has 12 N–H and O–H groups in total. The Kier molecular flexibility index (Phi) is 17.9. The number of anilines is 2. The number of ether oxygens (including phenoxy) is 6. The third kappa shape index (κ3) is 14.4. The Labute approximate surface area is 377 Å². The molecule has 0 unspecified atom stereocenters. The van der Waals surface area contributed by atoms with Crippen molar-refractivity contribution in [1.82, 2.24) is 39.0 Å². The number of carbonyl (C=O) groups excluding carboxylic acids is 4. The number of aromatic nitrogens is 8. The summed E-state index contributed by atoms with van der Waals surface area (Å²) in [5.74, 6) is -3.70. The van der Waals surface area contributed by atoms with Crippen LogP contribution in [0.15, 0.2) is 22.2 Å². The van der Waals surface area contributed by atoms with Gasteiger partial charge in [0, 0.05) is 12.8 Å². The molecule has 372 valence electrons. The van der Waals surface area contributed by atoms with E-state index in [1.165, 1.54) is 35.6 Å². The first kappa shape index (κ1) is 53.4. The van der Waals surface area contributed by atoms with E-state index < -0.39 is 120 Å². The van der Waals surface area contributed by atoms with Gasteiger partial charge in [0.2, 0.25) is 11.9 Å². The number of hydrogen-bond acceptors (Lipinski definition) is 22. The number of fused-ring (bicyclic) bond motifs is 2. The number of carbonyl (C=O) groups is 4. The van der Waals surface area contributed by atoms with Crippen LogP contribution in [0.5, 0.6) is 0 Å². The molecule has 2 fully saturated rings. The summed E-state index contributed by atoms with van der Waals surface area (Å²) in [5.41, 5.74) is 21.8. The summed E-state index contributed by atoms with van der Waals surface area (Å²) in [6.07, 6.45) is -6.63. The summed E-state index contributed by atoms with van der Waals surface area (Å²) >= 11 is 0. The second-order valence-corrected chi connectivity index (χ2v) is 16.6. The Morgan fingerprint density at radius 3 is 1.36 bits per heavy atom. The summed E-state index contributed by atoms with van der Waals surface area (Å²) in [5, 5.41) is 0. The molecule has 0 aliphatic carbocycles. The van der Waals surface area contributed by atoms with E-state index in [1.807, 2.05) is 0 Å². The lowest BCUT2D eigenvalue weighted by atomic mass is 10.1. The second kappa shape index (κ2) is 22.5. The fraction of sp³-hybridized carbons (Fsp3) is 0.611. The van der Waals surface area contributed by atoms with E-state index in [0.29, 0.717) is 0 Å². The first-order valence-electron chi connectivity index (χ1n) is 20.2. The minimum Gasteiger partial charge on any atom is -0.460 e. The SMILES string of the molecule is CC(C)[C@H](N)C(=O)O[C@@H](C)C(=O)OC[C@H]1O[C@@H](n2cnc3c(=O)[nH]c(N)nc32)C[C@@H]1F.CC(C)[C@H](N)C(=O)O[C@@H](C)C(=O)OC[C@H]1O[C@@H](n2cnc3c(=O)[nH]c(N)nc32)C[C@@H]1F.O=S(=O)(O)O. The van der Waals surface area contributed by atoms with Crippen molar-refractivity contribution >= 4 is 68.5 Å². The second-order valence-electron chi connectivity index (χ2n) is 15.7. The lowest BCUT2D eigenvalue weighted by molar-refractivity contribution is -0.171. The molecule has 2 aliphatic heterocycles. The highest BCUT2D eigenvalue weighted by Gasteiger charge is 2.40. The largest absolute Gasteiger partial charge is 0.460 e. The predicted molar refractivity (Wildman–Crippen MR) is 225 cm³/mol. The van der Waals surface area contributed by atoms with Gasteiger partial charge in [-0.2, -0.15) is 18.4 Å². The number of esters is 4. The number of rotatable bonds is 14. The minimum absolute atomic E-state index is 0.0401. The molecule has 31 heteroatoms. The van der Waals surface area contributed by atoms with Crippen molar-refractivity contribution in [2.24, 2.45) is 23.3 Å². The molecular weight excluding hydrogens is 927 g/mol. The molecule has 2 aliphatic rings. The minimum atomic E-state index is -4.67. The Morgan fingerprint density at radius 1 is 0.716 bits per heavy atom. The zero-order chi connectivity index (χ0) is 50.2. The van der Waals surface area contributed by atoms with Crippen LogP contribution in [0.1, 0.15) is 66.8 Å². The van der Waals surface area contributed by atoms with Crippen molar-refractivity contribution in [1.29, 1.82) is 0 Å². The molecule has 0 radical (unpaired) electrons. The molecule has 0 amide bonds. The summed E-state index contributed by atoms with van der Waals surface area (Å²) in [6, 6.07) is -1.74. The molecule has 0 saturated carbocycles. The molecule has 0 bridgehead atoms. The third-order valence-electron chi connectivity index (χ3n) is 9.86. The number of imidazole rings is 2. The Balaban J connectivity index is 0.000000266. The van der Waals surface area contributed by atoms with E-state index >= 15 is 0 Å². The van der Waals surface area contributed by atoms with Crippen LogP contribution in [-0.2, 0) is 58.0 Å². The summed E-state index contributed by atoms with van der Waals surface area (Å²) in [4.78, 5) is 92.3. The van der Waals surface area contributed by atoms with Gasteiger partial charge in [-0.15, -0.1) is 0 Å². The molecule has 4 aromatic rings. The van der Waals surface area contributed by atoms with E-state index in [0.717, 1.165) is 0 Å². The van der Waals surface area contributed by atoms with Gasteiger partial charge in [-0.25, -0.2) is 28.3 Å². The van der Waals surface area contributed by atoms with Gasteiger partial charge in [0.15, 0.2) is 34.5 Å². The van der Waals surface area contributed by atoms with Crippen LogP contribution in [0.4, 0.5) is 20.7 Å². The van der Waals surface area contributed by atoms with Crippen molar-refractivity contribution in [3.63, 3.8) is 0 Å². The van der Waals surface area contributed by atoms with Gasteiger partial charge in [0.05, 0.1) is 12.7 Å². The van der Waals surface area contributed by atoms with Crippen molar-refractivity contribution in [2.45, 2.75) is 116 Å². The number of aromatic amines is 2. The van der Waals surface area contributed by atoms with Crippen LogP contribution >= 0.6 is 0 Å². The highest BCUT2D eigenvalue weighted by molar-refractivity contribution is 7.79. The lowest BCUT2D eigenvalue weighted by Gasteiger charge is -2.19. The monoisotopic (exact) mass is 978 g/mol. The molecule has 10 atom stereocenters. The number of alkyl halides is 2. The van der Waals surface area contributed by atoms with Crippen LogP contribution in [0.2, 0.25) is 0 Å². The smallest absolute Gasteiger partial charge is 0.394 e. The normalized spacial score (nSPS) is 22.2. The van der Waals surface area contributed by atoms with Crippen LogP contribution in [-0.4, -0.2) is 142 Å². The first-order chi connectivity index (χ1) is 31.2. The van der Waals surface area contributed by atoms with Gasteiger partial charge < -0.3 is 51.4 Å². The van der Waals surface area contributed by atoms with E-state index in [-0.39, 0.29) is 58.9 Å². The van der Waals surface area contributed by atoms with E-state index in [4.69, 9.17) is 68.9 Å². The van der Waals surface area contributed by atoms with Gasteiger partial charge in [0.25, 0.3) is 11.1 Å². The molecule has 0 spiro atoms. The highest BCUT2D eigenvalue weighted by atomic mass is 32.3. The lowest BCUT2D eigenvalue weighted by Crippen LogP contribution is -2.40. The number of halogens is 2. The maximum atomic E-state index is 14.5. The molecule has 4 aromatic heterocycles. The molecule has 0 aromatic carbocycles. The molecule has 28 nitrogen and oxygen atoms in total. The van der Waals surface area contributed by atoms with Gasteiger partial charge in [-0.05, 0) is 25.7 Å². The van der Waals surface area contributed by atoms with E-state index in [2.05, 4.69) is 29.9 Å². The fourth-order valence-electron chi connectivity index (χ4n) is 6.04. The zero-order valence-electron chi connectivity index (χ0n) is 36.7. The summed E-state index contributed by atoms with van der Waals surface area (Å²) < 4.78 is 94.7. The average Bonchev–Trinajstić information content (AvgIpc) is 4.02. The Bertz CT molecular complexity index is 2450. The molecule has 6 heterocycles. The quantitative estimate of drug-likeness (QED) is 0.0423. The average molecular weight is 979 g/mol. The molecular formula is C36H52F2N12O16S. The van der Waals surface area contributed by atoms with E-state index in [9.17, 15) is 37.5 Å². The Morgan fingerprint density at radius 2 is 1.04 bits per heavy atom. The number of nitrogens with one attached hydrogen (secondary N) is 2. The third-order valence-corrected chi connectivity index (χ3v) is 9.86. The van der Waals surface area contributed by atoms with Gasteiger partial charge in [0.1, 0.15) is 62.3 Å². The van der Waals surface area contributed by atoms with Gasteiger partial charge in [-0.1, -0.05) is 27.7 Å². The van der Waals surface area contributed by atoms with Crippen LogP contribution in [0.25, 0.3) is 22.3 Å². The van der Waals surface area contributed by atoms with Crippen LogP contribution in [0.3, 0.4) is 0 Å². The fourth-order valence-corrected chi connectivity index (χ4v) is 6.04. The number of H-pyrrole nitrogens is 2. The summed E-state index contributed by atoms with van der Waals surface area (Å²) in [7, 11) is -4.67. The van der Waals surface area contributed by atoms with Gasteiger partial charge in [-0.3, -0.25) is 47.4 Å². The highest BCUT2D eigenvalue weighted by Crippen LogP contribution is 2.34. The molecule has 6 rings (SSSR count). The maximum absolute atomic E-state index is 14.5. The van der Waals surface area contributed by atoms with Crippen molar-refractivity contribution < 1.29 is 73.9 Å². The Hall–Kier alpha value is -6.25. The maximum Gasteiger partial charge on any atom is 0.394 e. The molecule has 67 heavy (non-hydrogen) atoms. The topological polar surface area (TPSA) is 429 Å². The van der Waals surface area contributed by atoms with Crippen LogP contribution < -0.4 is 34.1 Å². The zero-order valence-corrected chi connectivity index (χ0v) is 37.5. The molecule has 2 saturated heterocycles. The predicted octanol–water partition coefficient (Wildman–Crippen LogP) is -1.08. The van der Waals surface area contributed by atoms with E-state index in [1.54, 1.807) is 27.7 Å². The van der Waals surface area contributed by atoms with Crippen LogP contribution in [0, 0.1) is 11.8 Å². The number of nitrogens with zero attached hydrogens (tertiary/aromatic N) is 6. The summed E-state index contributed by atoms with van der Waals surface area (Å²) in [6.45, 7) is 8.87. The van der Waals surface area contributed by atoms with Crippen molar-refractivity contribution in [2.75, 3.05) is 24.7 Å². The number of nitrogens with two attached hydrogens (primary N) is 4.